The molecule has 2 aliphatic rings. The van der Waals surface area contributed by atoms with Crippen LogP contribution in [0.15, 0.2) is 30.9 Å². The molecule has 4 heterocycles. The predicted molar refractivity (Wildman–Crippen MR) is 132 cm³/mol. The largest absolute Gasteiger partial charge is 0.486 e. The standard InChI is InChI=1S/C26H22F5N7O2/c1-37-11-18(26(29,30)31)35-24(37)19-15(27)7-13(8-16(19)28)10-38-5-6-40-17-9-32-22(36-23(17)38)20-21(14-3-4-14)33-12-34-25(20)39-2/h7-9,11-12,14H,3-6,10H2,1-2H3. The highest BCUT2D eigenvalue weighted by Crippen LogP contribution is 2.45. The molecule has 1 aliphatic heterocycles. The Morgan fingerprint density at radius 1 is 1.05 bits per heavy atom. The average Bonchev–Trinajstić information content (AvgIpc) is 3.69. The Kier molecular flexibility index (Phi) is 6.27. The summed E-state index contributed by atoms with van der Waals surface area (Å²) in [5.74, 6) is -0.803. The fraction of sp³-hybridized carbons (Fsp3) is 0.346. The van der Waals surface area contributed by atoms with Gasteiger partial charge in [-0.05, 0) is 30.5 Å². The maximum Gasteiger partial charge on any atom is 0.434 e. The molecule has 0 unspecified atom stereocenters. The monoisotopic (exact) mass is 559 g/mol. The van der Waals surface area contributed by atoms with Gasteiger partial charge < -0.3 is 18.9 Å². The van der Waals surface area contributed by atoms with E-state index in [0.717, 1.165) is 35.2 Å². The first kappa shape index (κ1) is 25.9. The van der Waals surface area contributed by atoms with Crippen molar-refractivity contribution in [3.05, 3.63) is 59.4 Å². The zero-order valence-electron chi connectivity index (χ0n) is 21.3. The van der Waals surface area contributed by atoms with Crippen LogP contribution in [0.5, 0.6) is 11.6 Å². The molecule has 0 amide bonds. The van der Waals surface area contributed by atoms with Gasteiger partial charge in [-0.3, -0.25) is 0 Å². The van der Waals surface area contributed by atoms with Gasteiger partial charge in [0.15, 0.2) is 23.1 Å². The van der Waals surface area contributed by atoms with Crippen molar-refractivity contribution in [3.63, 3.8) is 0 Å². The van der Waals surface area contributed by atoms with Gasteiger partial charge in [0.05, 0.1) is 31.1 Å². The Bertz CT molecular complexity index is 1580. The number of hydrogen-bond donors (Lipinski definition) is 0. The van der Waals surface area contributed by atoms with E-state index in [1.807, 2.05) is 0 Å². The Balaban J connectivity index is 1.34. The van der Waals surface area contributed by atoms with Gasteiger partial charge in [0, 0.05) is 25.7 Å². The molecule has 0 saturated heterocycles. The Hall–Kier alpha value is -4.36. The molecule has 14 heteroatoms. The van der Waals surface area contributed by atoms with E-state index in [2.05, 4.69) is 19.9 Å². The van der Waals surface area contributed by atoms with Crippen molar-refractivity contribution in [3.8, 4) is 34.4 Å². The highest BCUT2D eigenvalue weighted by atomic mass is 19.4. The lowest BCUT2D eigenvalue weighted by molar-refractivity contribution is -0.140. The lowest BCUT2D eigenvalue weighted by atomic mass is 10.1. The number of fused-ring (bicyclic) bond motifs is 1. The number of aryl methyl sites for hydroxylation is 1. The van der Waals surface area contributed by atoms with E-state index in [1.165, 1.54) is 26.7 Å². The number of hydrogen-bond acceptors (Lipinski definition) is 8. The van der Waals surface area contributed by atoms with Gasteiger partial charge in [0.2, 0.25) is 5.88 Å². The number of imidazole rings is 1. The molecule has 1 saturated carbocycles. The maximum atomic E-state index is 15.2. The normalized spacial score (nSPS) is 15.1. The van der Waals surface area contributed by atoms with Gasteiger partial charge in [0.25, 0.3) is 0 Å². The molecule has 1 fully saturated rings. The van der Waals surface area contributed by atoms with Crippen LogP contribution in [0.3, 0.4) is 0 Å². The number of ether oxygens (including phenoxy) is 2. The van der Waals surface area contributed by atoms with E-state index >= 15 is 8.78 Å². The molecule has 0 bridgehead atoms. The van der Waals surface area contributed by atoms with E-state index in [1.54, 1.807) is 4.90 Å². The van der Waals surface area contributed by atoms with Crippen molar-refractivity contribution in [2.24, 2.45) is 7.05 Å². The van der Waals surface area contributed by atoms with Crippen LogP contribution in [0, 0.1) is 11.6 Å². The maximum absolute atomic E-state index is 15.2. The molecule has 40 heavy (non-hydrogen) atoms. The molecule has 0 N–H and O–H groups in total. The SMILES string of the molecule is COc1ncnc(C2CC2)c1-c1ncc2c(n1)N(Cc1cc(F)c(-c3nc(C(F)(F)F)cn3C)c(F)c1)CCO2. The van der Waals surface area contributed by atoms with Crippen molar-refractivity contribution < 1.29 is 31.4 Å². The summed E-state index contributed by atoms with van der Waals surface area (Å²) < 4.78 is 81.7. The second-order valence-electron chi connectivity index (χ2n) is 9.56. The van der Waals surface area contributed by atoms with Crippen LogP contribution in [-0.2, 0) is 19.8 Å². The van der Waals surface area contributed by atoms with Gasteiger partial charge in [-0.2, -0.15) is 13.2 Å². The van der Waals surface area contributed by atoms with Crippen LogP contribution in [-0.4, -0.2) is 49.7 Å². The van der Waals surface area contributed by atoms with Gasteiger partial charge in [-0.15, -0.1) is 0 Å². The first-order valence-electron chi connectivity index (χ1n) is 12.4. The van der Waals surface area contributed by atoms with Gasteiger partial charge >= 0.3 is 6.18 Å². The summed E-state index contributed by atoms with van der Waals surface area (Å²) in [5, 5.41) is 0. The third-order valence-corrected chi connectivity index (χ3v) is 6.74. The second kappa shape index (κ2) is 9.68. The summed E-state index contributed by atoms with van der Waals surface area (Å²) in [5.41, 5.74) is -0.263. The van der Waals surface area contributed by atoms with Gasteiger partial charge in [-0.25, -0.2) is 33.7 Å². The number of benzene rings is 1. The van der Waals surface area contributed by atoms with Gasteiger partial charge in [0.1, 0.15) is 36.0 Å². The number of aromatic nitrogens is 6. The van der Waals surface area contributed by atoms with E-state index in [4.69, 9.17) is 14.5 Å². The first-order chi connectivity index (χ1) is 19.1. The summed E-state index contributed by atoms with van der Waals surface area (Å²) >= 11 is 0. The molecule has 3 aromatic heterocycles. The lowest BCUT2D eigenvalue weighted by Crippen LogP contribution is -2.33. The molecule has 1 aliphatic carbocycles. The minimum Gasteiger partial charge on any atom is -0.486 e. The zero-order valence-corrected chi connectivity index (χ0v) is 21.3. The van der Waals surface area contributed by atoms with Crippen molar-refractivity contribution >= 4 is 5.82 Å². The van der Waals surface area contributed by atoms with E-state index in [-0.39, 0.29) is 24.6 Å². The number of halogens is 5. The molecule has 0 radical (unpaired) electrons. The predicted octanol–water partition coefficient (Wildman–Crippen LogP) is 4.92. The number of anilines is 1. The van der Waals surface area contributed by atoms with Crippen molar-refractivity contribution in [2.45, 2.75) is 31.5 Å². The third kappa shape index (κ3) is 4.67. The topological polar surface area (TPSA) is 91.1 Å². The van der Waals surface area contributed by atoms with Crippen LogP contribution in [0.4, 0.5) is 27.8 Å². The molecule has 1 aromatic carbocycles. The fourth-order valence-corrected chi connectivity index (χ4v) is 4.74. The molecule has 6 rings (SSSR count). The molecule has 208 valence electrons. The van der Waals surface area contributed by atoms with Gasteiger partial charge in [-0.1, -0.05) is 0 Å². The summed E-state index contributed by atoms with van der Waals surface area (Å²) in [6.07, 6.45) is 0.864. The highest BCUT2D eigenvalue weighted by Gasteiger charge is 2.36. The summed E-state index contributed by atoms with van der Waals surface area (Å²) in [4.78, 5) is 23.0. The van der Waals surface area contributed by atoms with E-state index in [0.29, 0.717) is 41.6 Å². The summed E-state index contributed by atoms with van der Waals surface area (Å²) in [6, 6.07) is 2.16. The number of nitrogens with zero attached hydrogens (tertiary/aromatic N) is 7. The van der Waals surface area contributed by atoms with E-state index in [9.17, 15) is 13.2 Å². The summed E-state index contributed by atoms with van der Waals surface area (Å²) in [6.45, 7) is 0.700. The zero-order chi connectivity index (χ0) is 28.2. The van der Waals surface area contributed by atoms with Crippen LogP contribution >= 0.6 is 0 Å². The molecule has 0 atom stereocenters. The quantitative estimate of drug-likeness (QED) is 0.308. The van der Waals surface area contributed by atoms with Crippen LogP contribution in [0.2, 0.25) is 0 Å². The van der Waals surface area contributed by atoms with Crippen molar-refractivity contribution in [1.29, 1.82) is 0 Å². The average molecular weight is 559 g/mol. The smallest absolute Gasteiger partial charge is 0.434 e. The van der Waals surface area contributed by atoms with Crippen LogP contribution in [0.25, 0.3) is 22.8 Å². The highest BCUT2D eigenvalue weighted by molar-refractivity contribution is 5.69. The molecule has 0 spiro atoms. The fourth-order valence-electron chi connectivity index (χ4n) is 4.74. The lowest BCUT2D eigenvalue weighted by Gasteiger charge is -2.30. The number of alkyl halides is 3. The third-order valence-electron chi connectivity index (χ3n) is 6.74. The molecular formula is C26H22F5N7O2. The van der Waals surface area contributed by atoms with E-state index < -0.39 is 34.9 Å². The first-order valence-corrected chi connectivity index (χ1v) is 12.4. The Morgan fingerprint density at radius 2 is 1.80 bits per heavy atom. The second-order valence-corrected chi connectivity index (χ2v) is 9.56. The molecule has 9 nitrogen and oxygen atoms in total. The van der Waals surface area contributed by atoms with Crippen LogP contribution in [0.1, 0.15) is 35.7 Å². The number of rotatable bonds is 6. The molecule has 4 aromatic rings. The summed E-state index contributed by atoms with van der Waals surface area (Å²) in [7, 11) is 2.74. The van der Waals surface area contributed by atoms with Crippen LogP contribution < -0.4 is 14.4 Å². The van der Waals surface area contributed by atoms with Crippen molar-refractivity contribution in [2.75, 3.05) is 25.2 Å². The Labute approximate surface area is 224 Å². The number of methoxy groups -OCH3 is 1. The molecular weight excluding hydrogens is 537 g/mol. The minimum absolute atomic E-state index is 0.0488. The Morgan fingerprint density at radius 3 is 2.45 bits per heavy atom. The van der Waals surface area contributed by atoms with Crippen molar-refractivity contribution in [1.82, 2.24) is 29.5 Å². The minimum atomic E-state index is -4.75.